The predicted molar refractivity (Wildman–Crippen MR) is 60.2 cm³/mol. The lowest BCUT2D eigenvalue weighted by Crippen LogP contribution is -2.02. The molecule has 4 heteroatoms. The maximum absolute atomic E-state index is 13.0. The van der Waals surface area contributed by atoms with E-state index in [2.05, 4.69) is 21.0 Å². The third-order valence-corrected chi connectivity index (χ3v) is 2.65. The Hall–Kier alpha value is -1.16. The van der Waals surface area contributed by atoms with Crippen LogP contribution in [0.15, 0.2) is 35.1 Å². The Balaban J connectivity index is 2.27. The number of halogens is 2. The Morgan fingerprint density at radius 3 is 2.93 bits per heavy atom. The summed E-state index contributed by atoms with van der Waals surface area (Å²) >= 11 is 3.32. The molecular formula is C11H10BrFN2. The van der Waals surface area contributed by atoms with Crippen molar-refractivity contribution in [1.29, 1.82) is 0 Å². The number of hydrogen-bond acceptors (Lipinski definition) is 1. The van der Waals surface area contributed by atoms with Crippen molar-refractivity contribution in [3.63, 3.8) is 0 Å². The van der Waals surface area contributed by atoms with E-state index >= 15 is 0 Å². The van der Waals surface area contributed by atoms with Crippen molar-refractivity contribution >= 4 is 15.9 Å². The van der Waals surface area contributed by atoms with Crippen LogP contribution in [0.25, 0.3) is 0 Å². The number of aryl methyl sites for hydroxylation is 1. The predicted octanol–water partition coefficient (Wildman–Crippen LogP) is 3.14. The van der Waals surface area contributed by atoms with Gasteiger partial charge in [0.1, 0.15) is 5.82 Å². The molecule has 0 atom stereocenters. The van der Waals surface area contributed by atoms with Gasteiger partial charge in [-0.05, 0) is 46.1 Å². The zero-order valence-corrected chi connectivity index (χ0v) is 9.83. The molecule has 0 unspecified atom stereocenters. The molecule has 0 aliphatic heterocycles. The van der Waals surface area contributed by atoms with Crippen molar-refractivity contribution in [1.82, 2.24) is 9.78 Å². The summed E-state index contributed by atoms with van der Waals surface area (Å²) in [5.41, 5.74) is 2.02. The molecule has 15 heavy (non-hydrogen) atoms. The van der Waals surface area contributed by atoms with Crippen molar-refractivity contribution < 1.29 is 4.39 Å². The molecule has 0 N–H and O–H groups in total. The third kappa shape index (κ3) is 2.45. The highest BCUT2D eigenvalue weighted by atomic mass is 79.9. The Bertz CT molecular complexity index is 479. The molecule has 78 valence electrons. The summed E-state index contributed by atoms with van der Waals surface area (Å²) in [6.07, 6.45) is 3.58. The van der Waals surface area contributed by atoms with Crippen LogP contribution in [-0.4, -0.2) is 9.78 Å². The quantitative estimate of drug-likeness (QED) is 0.819. The van der Waals surface area contributed by atoms with Gasteiger partial charge in [-0.1, -0.05) is 6.07 Å². The van der Waals surface area contributed by atoms with Crippen LogP contribution in [0, 0.1) is 12.7 Å². The summed E-state index contributed by atoms with van der Waals surface area (Å²) in [5.74, 6) is -0.207. The van der Waals surface area contributed by atoms with Crippen LogP contribution in [0.5, 0.6) is 0 Å². The lowest BCUT2D eigenvalue weighted by atomic mass is 10.1. The first-order valence-electron chi connectivity index (χ1n) is 4.58. The maximum atomic E-state index is 13.0. The normalized spacial score (nSPS) is 10.6. The first-order valence-corrected chi connectivity index (χ1v) is 5.37. The standard InChI is InChI=1S/C11H10BrFN2/c1-8-2-3-11(13)4-9(8)6-15-7-10(12)5-14-15/h2-5,7H,6H2,1H3. The zero-order chi connectivity index (χ0) is 10.8. The summed E-state index contributed by atoms with van der Waals surface area (Å²) in [4.78, 5) is 0. The van der Waals surface area contributed by atoms with Crippen molar-refractivity contribution in [2.24, 2.45) is 0 Å². The number of aromatic nitrogens is 2. The molecule has 0 fully saturated rings. The Kier molecular flexibility index (Phi) is 2.86. The zero-order valence-electron chi connectivity index (χ0n) is 8.24. The molecule has 1 heterocycles. The van der Waals surface area contributed by atoms with Crippen molar-refractivity contribution in [2.75, 3.05) is 0 Å². The van der Waals surface area contributed by atoms with Crippen molar-refractivity contribution in [3.05, 3.63) is 52.0 Å². The number of nitrogens with zero attached hydrogens (tertiary/aromatic N) is 2. The molecule has 1 aromatic carbocycles. The van der Waals surface area contributed by atoms with Crippen LogP contribution in [0.2, 0.25) is 0 Å². The van der Waals surface area contributed by atoms with E-state index in [0.29, 0.717) is 6.54 Å². The van der Waals surface area contributed by atoms with Gasteiger partial charge in [0.2, 0.25) is 0 Å². The van der Waals surface area contributed by atoms with Gasteiger partial charge in [-0.2, -0.15) is 5.10 Å². The van der Waals surface area contributed by atoms with E-state index < -0.39 is 0 Å². The third-order valence-electron chi connectivity index (χ3n) is 2.25. The first kappa shape index (κ1) is 10.4. The van der Waals surface area contributed by atoms with Gasteiger partial charge in [0.25, 0.3) is 0 Å². The highest BCUT2D eigenvalue weighted by molar-refractivity contribution is 9.10. The summed E-state index contributed by atoms with van der Waals surface area (Å²) < 4.78 is 15.7. The van der Waals surface area contributed by atoms with Crippen LogP contribution >= 0.6 is 15.9 Å². The molecular weight excluding hydrogens is 259 g/mol. The summed E-state index contributed by atoms with van der Waals surface area (Å²) in [7, 11) is 0. The minimum Gasteiger partial charge on any atom is -0.267 e. The van der Waals surface area contributed by atoms with Gasteiger partial charge in [0, 0.05) is 6.20 Å². The second-order valence-corrected chi connectivity index (χ2v) is 4.34. The molecule has 2 aromatic rings. The number of hydrogen-bond donors (Lipinski definition) is 0. The van der Waals surface area contributed by atoms with E-state index in [1.807, 2.05) is 13.1 Å². The molecule has 0 saturated heterocycles. The van der Waals surface area contributed by atoms with Gasteiger partial charge in [-0.25, -0.2) is 4.39 Å². The van der Waals surface area contributed by atoms with Crippen molar-refractivity contribution in [2.45, 2.75) is 13.5 Å². The summed E-state index contributed by atoms with van der Waals surface area (Å²) in [6.45, 7) is 2.56. The van der Waals surface area contributed by atoms with E-state index in [0.717, 1.165) is 15.6 Å². The van der Waals surface area contributed by atoms with Gasteiger partial charge in [-0.15, -0.1) is 0 Å². The molecule has 2 nitrogen and oxygen atoms in total. The van der Waals surface area contributed by atoms with Crippen LogP contribution in [0.4, 0.5) is 4.39 Å². The molecule has 0 bridgehead atoms. The topological polar surface area (TPSA) is 17.8 Å². The second kappa shape index (κ2) is 4.14. The van der Waals surface area contributed by atoms with Crippen LogP contribution in [0.3, 0.4) is 0 Å². The van der Waals surface area contributed by atoms with E-state index in [1.54, 1.807) is 23.0 Å². The molecule has 0 radical (unpaired) electrons. The molecule has 1 aromatic heterocycles. The van der Waals surface area contributed by atoms with Gasteiger partial charge in [0.15, 0.2) is 0 Å². The highest BCUT2D eigenvalue weighted by Crippen LogP contribution is 2.13. The minimum absolute atomic E-state index is 0.207. The van der Waals surface area contributed by atoms with E-state index in [9.17, 15) is 4.39 Å². The van der Waals surface area contributed by atoms with E-state index in [4.69, 9.17) is 0 Å². The first-order chi connectivity index (χ1) is 7.15. The van der Waals surface area contributed by atoms with Crippen molar-refractivity contribution in [3.8, 4) is 0 Å². The van der Waals surface area contributed by atoms with Crippen LogP contribution in [-0.2, 0) is 6.54 Å². The Morgan fingerprint density at radius 2 is 2.27 bits per heavy atom. The van der Waals surface area contributed by atoms with Gasteiger partial charge < -0.3 is 0 Å². The molecule has 0 amide bonds. The molecule has 0 aliphatic carbocycles. The van der Waals surface area contributed by atoms with E-state index in [1.165, 1.54) is 6.07 Å². The SMILES string of the molecule is Cc1ccc(F)cc1Cn1cc(Br)cn1. The molecule has 2 rings (SSSR count). The lowest BCUT2D eigenvalue weighted by molar-refractivity contribution is 0.618. The molecule has 0 spiro atoms. The summed E-state index contributed by atoms with van der Waals surface area (Å²) in [6, 6.07) is 4.80. The fourth-order valence-electron chi connectivity index (χ4n) is 1.41. The minimum atomic E-state index is -0.207. The smallest absolute Gasteiger partial charge is 0.123 e. The van der Waals surface area contributed by atoms with Gasteiger partial charge in [-0.3, -0.25) is 4.68 Å². The highest BCUT2D eigenvalue weighted by Gasteiger charge is 2.02. The monoisotopic (exact) mass is 268 g/mol. The average Bonchev–Trinajstić information content (AvgIpc) is 2.58. The second-order valence-electron chi connectivity index (χ2n) is 3.43. The lowest BCUT2D eigenvalue weighted by Gasteiger charge is -2.05. The molecule has 0 saturated carbocycles. The van der Waals surface area contributed by atoms with Gasteiger partial charge in [0.05, 0.1) is 17.2 Å². The fraction of sp³-hybridized carbons (Fsp3) is 0.182. The fourth-order valence-corrected chi connectivity index (χ4v) is 1.74. The summed E-state index contributed by atoms with van der Waals surface area (Å²) in [5, 5.41) is 4.13. The maximum Gasteiger partial charge on any atom is 0.123 e. The Morgan fingerprint density at radius 1 is 1.47 bits per heavy atom. The number of rotatable bonds is 2. The van der Waals surface area contributed by atoms with Crippen LogP contribution in [0.1, 0.15) is 11.1 Å². The van der Waals surface area contributed by atoms with E-state index in [-0.39, 0.29) is 5.82 Å². The van der Waals surface area contributed by atoms with Gasteiger partial charge >= 0.3 is 0 Å². The van der Waals surface area contributed by atoms with Crippen LogP contribution < -0.4 is 0 Å². The average molecular weight is 269 g/mol. The largest absolute Gasteiger partial charge is 0.267 e. The molecule has 0 aliphatic rings. The number of benzene rings is 1. The Labute approximate surface area is 95.9 Å².